The number of ether oxygens (including phenoxy) is 1. The smallest absolute Gasteiger partial charge is 0.221 e. The van der Waals surface area contributed by atoms with Crippen LogP contribution in [0.5, 0.6) is 5.88 Å². The summed E-state index contributed by atoms with van der Waals surface area (Å²) in [7, 11) is 1.58. The first-order chi connectivity index (χ1) is 8.69. The van der Waals surface area contributed by atoms with Crippen molar-refractivity contribution >= 4 is 11.6 Å². The summed E-state index contributed by atoms with van der Waals surface area (Å²) >= 11 is 0. The number of carbonyl (C=O) groups is 1. The lowest BCUT2D eigenvalue weighted by atomic mass is 10.1. The van der Waals surface area contributed by atoms with E-state index in [1.807, 2.05) is 30.3 Å². The van der Waals surface area contributed by atoms with Gasteiger partial charge in [-0.2, -0.15) is 0 Å². The van der Waals surface area contributed by atoms with Crippen molar-refractivity contribution in [1.82, 2.24) is 4.98 Å². The molecular weight excluding hydrogens is 228 g/mol. The fraction of sp³-hybridized carbons (Fsp3) is 0.143. The lowest BCUT2D eigenvalue weighted by molar-refractivity contribution is -0.114. The van der Waals surface area contributed by atoms with Gasteiger partial charge in [0.25, 0.3) is 0 Å². The molecule has 1 heterocycles. The van der Waals surface area contributed by atoms with Crippen LogP contribution < -0.4 is 10.1 Å². The van der Waals surface area contributed by atoms with Crippen molar-refractivity contribution in [2.45, 2.75) is 6.92 Å². The Kier molecular flexibility index (Phi) is 3.57. The average molecular weight is 242 g/mol. The zero-order valence-electron chi connectivity index (χ0n) is 10.3. The predicted molar refractivity (Wildman–Crippen MR) is 70.5 cm³/mol. The molecule has 0 saturated carbocycles. The number of aromatic nitrogens is 1. The Morgan fingerprint density at radius 3 is 2.67 bits per heavy atom. The van der Waals surface area contributed by atoms with Gasteiger partial charge in [-0.05, 0) is 23.8 Å². The molecule has 0 unspecified atom stereocenters. The molecule has 0 aliphatic carbocycles. The molecule has 1 aromatic carbocycles. The molecule has 4 heteroatoms. The van der Waals surface area contributed by atoms with Gasteiger partial charge in [0.2, 0.25) is 11.8 Å². The summed E-state index contributed by atoms with van der Waals surface area (Å²) in [6.07, 6.45) is 1.74. The number of carbonyl (C=O) groups excluding carboxylic acids is 1. The Balaban J connectivity index is 2.29. The summed E-state index contributed by atoms with van der Waals surface area (Å²) in [5, 5.41) is 2.75. The highest BCUT2D eigenvalue weighted by Crippen LogP contribution is 2.23. The number of hydrogen-bond acceptors (Lipinski definition) is 3. The van der Waals surface area contributed by atoms with Crippen molar-refractivity contribution < 1.29 is 9.53 Å². The zero-order chi connectivity index (χ0) is 13.0. The van der Waals surface area contributed by atoms with E-state index in [4.69, 9.17) is 4.74 Å². The second kappa shape index (κ2) is 5.31. The number of amides is 1. The number of nitrogens with one attached hydrogen (secondary N) is 1. The van der Waals surface area contributed by atoms with Crippen LogP contribution in [0.4, 0.5) is 5.69 Å². The van der Waals surface area contributed by atoms with E-state index in [-0.39, 0.29) is 5.91 Å². The van der Waals surface area contributed by atoms with E-state index in [1.54, 1.807) is 19.4 Å². The maximum absolute atomic E-state index is 11.0. The highest BCUT2D eigenvalue weighted by molar-refractivity contribution is 5.89. The minimum absolute atomic E-state index is 0.0833. The quantitative estimate of drug-likeness (QED) is 0.900. The normalized spacial score (nSPS) is 9.89. The molecule has 0 saturated heterocycles. The zero-order valence-corrected chi connectivity index (χ0v) is 10.3. The Bertz CT molecular complexity index is 550. The monoisotopic (exact) mass is 242 g/mol. The van der Waals surface area contributed by atoms with Crippen LogP contribution >= 0.6 is 0 Å². The average Bonchev–Trinajstić information content (AvgIpc) is 2.38. The van der Waals surface area contributed by atoms with Gasteiger partial charge in [0.1, 0.15) is 0 Å². The molecule has 0 fully saturated rings. The van der Waals surface area contributed by atoms with E-state index in [2.05, 4.69) is 10.3 Å². The number of rotatable bonds is 3. The summed E-state index contributed by atoms with van der Waals surface area (Å²) in [5.41, 5.74) is 2.75. The summed E-state index contributed by atoms with van der Waals surface area (Å²) in [5.74, 6) is 0.497. The van der Waals surface area contributed by atoms with Crippen LogP contribution in [0.15, 0.2) is 42.6 Å². The second-order valence-corrected chi connectivity index (χ2v) is 3.85. The molecule has 0 radical (unpaired) electrons. The van der Waals surface area contributed by atoms with Crippen molar-refractivity contribution in [3.8, 4) is 17.0 Å². The van der Waals surface area contributed by atoms with E-state index >= 15 is 0 Å². The van der Waals surface area contributed by atoms with Crippen molar-refractivity contribution in [1.29, 1.82) is 0 Å². The van der Waals surface area contributed by atoms with E-state index in [9.17, 15) is 4.79 Å². The topological polar surface area (TPSA) is 51.2 Å². The number of anilines is 1. The van der Waals surface area contributed by atoms with Gasteiger partial charge in [0, 0.05) is 30.4 Å². The molecule has 18 heavy (non-hydrogen) atoms. The van der Waals surface area contributed by atoms with Gasteiger partial charge in [-0.1, -0.05) is 12.1 Å². The van der Waals surface area contributed by atoms with Crippen LogP contribution in [0, 0.1) is 0 Å². The van der Waals surface area contributed by atoms with Crippen LogP contribution in [-0.4, -0.2) is 18.0 Å². The summed E-state index contributed by atoms with van der Waals surface area (Å²) < 4.78 is 5.01. The van der Waals surface area contributed by atoms with Crippen LogP contribution in [0.2, 0.25) is 0 Å². The molecule has 1 aromatic heterocycles. The first-order valence-electron chi connectivity index (χ1n) is 5.57. The van der Waals surface area contributed by atoms with Gasteiger partial charge in [-0.25, -0.2) is 4.98 Å². The molecule has 0 spiro atoms. The fourth-order valence-corrected chi connectivity index (χ4v) is 1.65. The third-order valence-corrected chi connectivity index (χ3v) is 2.46. The third-order valence-electron chi connectivity index (χ3n) is 2.46. The number of hydrogen-bond donors (Lipinski definition) is 1. The number of benzene rings is 1. The van der Waals surface area contributed by atoms with Crippen molar-refractivity contribution in [2.24, 2.45) is 0 Å². The minimum Gasteiger partial charge on any atom is -0.481 e. The maximum Gasteiger partial charge on any atom is 0.221 e. The van der Waals surface area contributed by atoms with Gasteiger partial charge in [-0.3, -0.25) is 4.79 Å². The minimum atomic E-state index is -0.0833. The fourth-order valence-electron chi connectivity index (χ4n) is 1.65. The maximum atomic E-state index is 11.0. The summed E-state index contributed by atoms with van der Waals surface area (Å²) in [6, 6.07) is 11.4. The van der Waals surface area contributed by atoms with E-state index in [1.165, 1.54) is 6.92 Å². The summed E-state index contributed by atoms with van der Waals surface area (Å²) in [6.45, 7) is 1.49. The van der Waals surface area contributed by atoms with Gasteiger partial charge < -0.3 is 10.1 Å². The van der Waals surface area contributed by atoms with Crippen LogP contribution in [-0.2, 0) is 4.79 Å². The molecule has 92 valence electrons. The van der Waals surface area contributed by atoms with Crippen LogP contribution in [0.25, 0.3) is 11.1 Å². The Labute approximate surface area is 106 Å². The van der Waals surface area contributed by atoms with Gasteiger partial charge >= 0.3 is 0 Å². The number of pyridine rings is 1. The lowest BCUT2D eigenvalue weighted by Crippen LogP contribution is -2.05. The highest BCUT2D eigenvalue weighted by Gasteiger charge is 2.01. The van der Waals surface area contributed by atoms with Crippen molar-refractivity contribution in [2.75, 3.05) is 12.4 Å². The number of methoxy groups -OCH3 is 1. The van der Waals surface area contributed by atoms with Crippen LogP contribution in [0.1, 0.15) is 6.92 Å². The molecule has 2 aromatic rings. The first kappa shape index (κ1) is 12.1. The Hall–Kier alpha value is -2.36. The number of nitrogens with zero attached hydrogens (tertiary/aromatic N) is 1. The summed E-state index contributed by atoms with van der Waals surface area (Å²) in [4.78, 5) is 15.2. The molecule has 0 aliphatic heterocycles. The van der Waals surface area contributed by atoms with E-state index < -0.39 is 0 Å². The van der Waals surface area contributed by atoms with Gasteiger partial charge in [0.05, 0.1) is 7.11 Å². The predicted octanol–water partition coefficient (Wildman–Crippen LogP) is 2.72. The first-order valence-corrected chi connectivity index (χ1v) is 5.57. The largest absolute Gasteiger partial charge is 0.481 e. The van der Waals surface area contributed by atoms with E-state index in [0.717, 1.165) is 16.8 Å². The molecule has 2 rings (SSSR count). The molecular formula is C14H14N2O2. The van der Waals surface area contributed by atoms with Crippen molar-refractivity contribution in [3.05, 3.63) is 42.6 Å². The standard InChI is InChI=1S/C14H14N2O2/c1-10(17)16-13-5-3-4-11(8-13)12-6-7-14(18-2)15-9-12/h3-9H,1-2H3,(H,16,17). The lowest BCUT2D eigenvalue weighted by Gasteiger charge is -2.06. The SMILES string of the molecule is COc1ccc(-c2cccc(NC(C)=O)c2)cn1. The second-order valence-electron chi connectivity index (χ2n) is 3.85. The Morgan fingerprint density at radius 1 is 1.22 bits per heavy atom. The van der Waals surface area contributed by atoms with Crippen molar-refractivity contribution in [3.63, 3.8) is 0 Å². The molecule has 0 atom stereocenters. The van der Waals surface area contributed by atoms with E-state index in [0.29, 0.717) is 5.88 Å². The van der Waals surface area contributed by atoms with Crippen LogP contribution in [0.3, 0.4) is 0 Å². The molecule has 0 aliphatic rings. The molecule has 1 N–H and O–H groups in total. The van der Waals surface area contributed by atoms with Gasteiger partial charge in [-0.15, -0.1) is 0 Å². The molecule has 1 amide bonds. The highest BCUT2D eigenvalue weighted by atomic mass is 16.5. The third kappa shape index (κ3) is 2.85. The molecule has 0 bridgehead atoms. The Morgan fingerprint density at radius 2 is 2.06 bits per heavy atom. The van der Waals surface area contributed by atoms with Gasteiger partial charge in [0.15, 0.2) is 0 Å². The molecule has 4 nitrogen and oxygen atoms in total.